The fourth-order valence-corrected chi connectivity index (χ4v) is 2.78. The largest absolute Gasteiger partial charge is 0.481 e. The fourth-order valence-electron chi connectivity index (χ4n) is 1.70. The van der Waals surface area contributed by atoms with Crippen molar-refractivity contribution in [2.24, 2.45) is 0 Å². The van der Waals surface area contributed by atoms with Gasteiger partial charge in [-0.1, -0.05) is 0 Å². The number of hydrogen-bond acceptors (Lipinski definition) is 4. The van der Waals surface area contributed by atoms with Gasteiger partial charge in [-0.3, -0.25) is 4.79 Å². The Kier molecular flexibility index (Phi) is 3.20. The Morgan fingerprint density at radius 3 is 3.13 bits per heavy atom. The molecule has 0 aliphatic heterocycles. The molecule has 0 unspecified atom stereocenters. The lowest BCUT2D eigenvalue weighted by Gasteiger charge is -2.00. The predicted molar refractivity (Wildman–Crippen MR) is 59.5 cm³/mol. The second kappa shape index (κ2) is 4.61. The molecule has 1 heterocycles. The van der Waals surface area contributed by atoms with Gasteiger partial charge >= 0.3 is 5.97 Å². The van der Waals surface area contributed by atoms with E-state index in [4.69, 9.17) is 5.11 Å². The van der Waals surface area contributed by atoms with Gasteiger partial charge in [0.25, 0.3) is 0 Å². The minimum Gasteiger partial charge on any atom is -0.481 e. The zero-order valence-corrected chi connectivity index (χ0v) is 9.27. The highest BCUT2D eigenvalue weighted by Gasteiger charge is 2.16. The Balaban J connectivity index is 1.77. The molecule has 2 N–H and O–H groups in total. The van der Waals surface area contributed by atoms with Crippen molar-refractivity contribution in [1.29, 1.82) is 0 Å². The molecule has 5 heteroatoms. The molecule has 0 fully saturated rings. The van der Waals surface area contributed by atoms with Gasteiger partial charge in [0.1, 0.15) is 0 Å². The summed E-state index contributed by atoms with van der Waals surface area (Å²) in [4.78, 5) is 16.1. The van der Waals surface area contributed by atoms with Crippen LogP contribution in [0.5, 0.6) is 0 Å². The summed E-state index contributed by atoms with van der Waals surface area (Å²) in [5, 5.41) is 12.6. The summed E-state index contributed by atoms with van der Waals surface area (Å²) in [5.74, 6) is -0.738. The Bertz CT molecular complexity index is 341. The van der Waals surface area contributed by atoms with Gasteiger partial charge in [0.05, 0.1) is 5.69 Å². The molecule has 2 rings (SSSR count). The summed E-state index contributed by atoms with van der Waals surface area (Å²) in [7, 11) is 0. The Labute approximate surface area is 92.3 Å². The first-order valence-corrected chi connectivity index (χ1v) is 6.01. The van der Waals surface area contributed by atoms with Crippen molar-refractivity contribution in [1.82, 2.24) is 4.98 Å². The molecule has 4 nitrogen and oxygen atoms in total. The molecule has 0 aromatic carbocycles. The molecule has 0 saturated carbocycles. The van der Waals surface area contributed by atoms with Crippen LogP contribution in [-0.4, -0.2) is 22.6 Å². The van der Waals surface area contributed by atoms with Crippen LogP contribution in [0.25, 0.3) is 0 Å². The highest BCUT2D eigenvalue weighted by molar-refractivity contribution is 7.15. The molecule has 1 aliphatic rings. The van der Waals surface area contributed by atoms with E-state index in [1.165, 1.54) is 17.0 Å². The van der Waals surface area contributed by atoms with Crippen molar-refractivity contribution < 1.29 is 9.90 Å². The predicted octanol–water partition coefficient (Wildman–Crippen LogP) is 1.91. The van der Waals surface area contributed by atoms with Crippen LogP contribution < -0.4 is 5.32 Å². The molecule has 0 radical (unpaired) electrons. The van der Waals surface area contributed by atoms with E-state index >= 15 is 0 Å². The second-order valence-electron chi connectivity index (χ2n) is 3.67. The fraction of sp³-hybridized carbons (Fsp3) is 0.600. The number of nitrogens with zero attached hydrogens (tertiary/aromatic N) is 1. The van der Waals surface area contributed by atoms with Crippen molar-refractivity contribution in [3.8, 4) is 0 Å². The van der Waals surface area contributed by atoms with Gasteiger partial charge < -0.3 is 10.4 Å². The first-order chi connectivity index (χ1) is 7.25. The van der Waals surface area contributed by atoms with E-state index in [9.17, 15) is 4.79 Å². The maximum atomic E-state index is 10.3. The Morgan fingerprint density at radius 1 is 1.53 bits per heavy atom. The van der Waals surface area contributed by atoms with Crippen LogP contribution in [0.2, 0.25) is 0 Å². The van der Waals surface area contributed by atoms with Crippen LogP contribution in [0, 0.1) is 0 Å². The lowest BCUT2D eigenvalue weighted by molar-refractivity contribution is -0.137. The zero-order valence-electron chi connectivity index (χ0n) is 8.45. The van der Waals surface area contributed by atoms with Crippen LogP contribution in [0.3, 0.4) is 0 Å². The standard InChI is InChI=1S/C10H14N2O2S/c13-9(14)5-2-6-11-10-12-7-3-1-4-8(7)15-10/h1-6H2,(H,11,12)(H,13,14). The third-order valence-electron chi connectivity index (χ3n) is 2.44. The average Bonchev–Trinajstić information content (AvgIpc) is 2.71. The Morgan fingerprint density at radius 2 is 2.40 bits per heavy atom. The second-order valence-corrected chi connectivity index (χ2v) is 4.75. The number of thiazole rings is 1. The first-order valence-electron chi connectivity index (χ1n) is 5.20. The van der Waals surface area contributed by atoms with Gasteiger partial charge in [0.2, 0.25) is 0 Å². The Hall–Kier alpha value is -1.10. The third kappa shape index (κ3) is 2.68. The number of nitrogens with one attached hydrogen (secondary N) is 1. The average molecular weight is 226 g/mol. The van der Waals surface area contributed by atoms with Crippen LogP contribution in [0.15, 0.2) is 0 Å². The number of anilines is 1. The normalized spacial score (nSPS) is 13.9. The maximum Gasteiger partial charge on any atom is 0.303 e. The molecule has 15 heavy (non-hydrogen) atoms. The number of rotatable bonds is 5. The SMILES string of the molecule is O=C(O)CCCNc1nc2c(s1)CCC2. The molecular weight excluding hydrogens is 212 g/mol. The van der Waals surface area contributed by atoms with Crippen molar-refractivity contribution in [2.45, 2.75) is 32.1 Å². The number of aromatic nitrogens is 1. The zero-order chi connectivity index (χ0) is 10.7. The minimum absolute atomic E-state index is 0.220. The highest BCUT2D eigenvalue weighted by atomic mass is 32.1. The highest BCUT2D eigenvalue weighted by Crippen LogP contribution is 2.30. The number of fused-ring (bicyclic) bond motifs is 1. The monoisotopic (exact) mass is 226 g/mol. The first kappa shape index (κ1) is 10.4. The van der Waals surface area contributed by atoms with Crippen LogP contribution in [0.4, 0.5) is 5.13 Å². The molecule has 1 aromatic rings. The van der Waals surface area contributed by atoms with E-state index < -0.39 is 5.97 Å². The van der Waals surface area contributed by atoms with Gasteiger partial charge in [0, 0.05) is 17.8 Å². The van der Waals surface area contributed by atoms with Crippen molar-refractivity contribution in [3.63, 3.8) is 0 Å². The summed E-state index contributed by atoms with van der Waals surface area (Å²) in [6, 6.07) is 0. The van der Waals surface area contributed by atoms with E-state index in [1.54, 1.807) is 11.3 Å². The molecular formula is C10H14N2O2S. The van der Waals surface area contributed by atoms with Gasteiger partial charge in [-0.05, 0) is 25.7 Å². The van der Waals surface area contributed by atoms with Crippen molar-refractivity contribution in [3.05, 3.63) is 10.6 Å². The molecule has 0 atom stereocenters. The molecule has 1 aliphatic carbocycles. The van der Waals surface area contributed by atoms with E-state index in [0.717, 1.165) is 18.0 Å². The topological polar surface area (TPSA) is 62.2 Å². The van der Waals surface area contributed by atoms with Gasteiger partial charge in [0.15, 0.2) is 5.13 Å². The molecule has 0 amide bonds. The van der Waals surface area contributed by atoms with E-state index in [1.807, 2.05) is 0 Å². The van der Waals surface area contributed by atoms with E-state index in [-0.39, 0.29) is 6.42 Å². The number of aliphatic carboxylic acids is 1. The van der Waals surface area contributed by atoms with Crippen LogP contribution >= 0.6 is 11.3 Å². The summed E-state index contributed by atoms with van der Waals surface area (Å²) in [5.41, 5.74) is 1.24. The smallest absolute Gasteiger partial charge is 0.303 e. The third-order valence-corrected chi connectivity index (χ3v) is 3.55. The van der Waals surface area contributed by atoms with Crippen LogP contribution in [-0.2, 0) is 17.6 Å². The number of carboxylic acid groups (broad SMARTS) is 1. The van der Waals surface area contributed by atoms with E-state index in [2.05, 4.69) is 10.3 Å². The molecule has 0 bridgehead atoms. The molecule has 0 saturated heterocycles. The maximum absolute atomic E-state index is 10.3. The van der Waals surface area contributed by atoms with Crippen molar-refractivity contribution in [2.75, 3.05) is 11.9 Å². The summed E-state index contributed by atoms with van der Waals surface area (Å²) < 4.78 is 0. The summed E-state index contributed by atoms with van der Waals surface area (Å²) in [6.45, 7) is 0.693. The van der Waals surface area contributed by atoms with Gasteiger partial charge in [-0.2, -0.15) is 0 Å². The quantitative estimate of drug-likeness (QED) is 0.753. The summed E-state index contributed by atoms with van der Waals surface area (Å²) >= 11 is 1.71. The number of aryl methyl sites for hydroxylation is 2. The number of carboxylic acids is 1. The van der Waals surface area contributed by atoms with E-state index in [0.29, 0.717) is 13.0 Å². The number of carbonyl (C=O) groups is 1. The summed E-state index contributed by atoms with van der Waals surface area (Å²) in [6.07, 6.45) is 4.36. The van der Waals surface area contributed by atoms with Crippen molar-refractivity contribution >= 4 is 22.4 Å². The van der Waals surface area contributed by atoms with Gasteiger partial charge in [-0.25, -0.2) is 4.98 Å². The van der Waals surface area contributed by atoms with Gasteiger partial charge in [-0.15, -0.1) is 11.3 Å². The molecule has 0 spiro atoms. The lowest BCUT2D eigenvalue weighted by atomic mass is 10.3. The molecule has 82 valence electrons. The number of hydrogen-bond donors (Lipinski definition) is 2. The molecule has 1 aromatic heterocycles. The van der Waals surface area contributed by atoms with Crippen LogP contribution in [0.1, 0.15) is 29.8 Å². The lowest BCUT2D eigenvalue weighted by Crippen LogP contribution is -2.04. The minimum atomic E-state index is -0.738.